The largest absolute Gasteiger partial charge is 0.494 e. The molecule has 0 aromatic heterocycles. The van der Waals surface area contributed by atoms with Crippen molar-refractivity contribution in [3.63, 3.8) is 0 Å². The molecule has 0 atom stereocenters. The second-order valence-electron chi connectivity index (χ2n) is 8.27. The van der Waals surface area contributed by atoms with E-state index < -0.39 is 32.5 Å². The summed E-state index contributed by atoms with van der Waals surface area (Å²) < 4.78 is 63.5. The van der Waals surface area contributed by atoms with Crippen LogP contribution in [0.15, 0.2) is 53.4 Å². The fraction of sp³-hybridized carbons (Fsp3) is 0.458. The highest BCUT2D eigenvalue weighted by Crippen LogP contribution is 2.23. The molecule has 3 rings (SSSR count). The fourth-order valence-corrected chi connectivity index (χ4v) is 6.08. The number of carbonyl (C=O) groups is 1. The average Bonchev–Trinajstić information content (AvgIpc) is 2.86. The maximum absolute atomic E-state index is 12.8. The lowest BCUT2D eigenvalue weighted by Gasteiger charge is -2.26. The van der Waals surface area contributed by atoms with Crippen LogP contribution >= 0.6 is 0 Å². The van der Waals surface area contributed by atoms with E-state index in [4.69, 9.17) is 9.47 Å². The molecule has 10 nitrogen and oxygen atoms in total. The van der Waals surface area contributed by atoms with E-state index in [1.165, 1.54) is 28.6 Å². The quantitative estimate of drug-likeness (QED) is 0.407. The topological polar surface area (TPSA) is 122 Å². The van der Waals surface area contributed by atoms with Crippen LogP contribution in [0.2, 0.25) is 0 Å². The minimum atomic E-state index is -3.79. The predicted octanol–water partition coefficient (Wildman–Crippen LogP) is 1.62. The zero-order valence-electron chi connectivity index (χ0n) is 20.6. The summed E-state index contributed by atoms with van der Waals surface area (Å²) in [4.78, 5) is 12.6. The zero-order valence-corrected chi connectivity index (χ0v) is 22.2. The molecule has 1 N–H and O–H groups in total. The minimum absolute atomic E-state index is 0.0541. The van der Waals surface area contributed by atoms with E-state index in [2.05, 4.69) is 5.32 Å². The highest BCUT2D eigenvalue weighted by molar-refractivity contribution is 7.92. The third-order valence-corrected chi connectivity index (χ3v) is 8.69. The van der Waals surface area contributed by atoms with Gasteiger partial charge in [0.05, 0.1) is 36.7 Å². The Labute approximate surface area is 213 Å². The van der Waals surface area contributed by atoms with Gasteiger partial charge in [-0.3, -0.25) is 9.10 Å². The third-order valence-electron chi connectivity index (χ3n) is 5.64. The molecule has 1 amide bonds. The lowest BCUT2D eigenvalue weighted by Crippen LogP contribution is -2.41. The summed E-state index contributed by atoms with van der Waals surface area (Å²) in [5.74, 6) is 0.359. The van der Waals surface area contributed by atoms with Crippen LogP contribution < -0.4 is 14.4 Å². The van der Waals surface area contributed by atoms with E-state index in [0.29, 0.717) is 39.2 Å². The lowest BCUT2D eigenvalue weighted by atomic mass is 10.1. The number of ether oxygens (including phenoxy) is 2. The fourth-order valence-electron chi connectivity index (χ4n) is 3.82. The van der Waals surface area contributed by atoms with E-state index in [9.17, 15) is 21.6 Å². The van der Waals surface area contributed by atoms with Gasteiger partial charge in [-0.15, -0.1) is 0 Å². The van der Waals surface area contributed by atoms with Gasteiger partial charge in [0, 0.05) is 19.6 Å². The van der Waals surface area contributed by atoms with Crippen LogP contribution in [0.1, 0.15) is 18.9 Å². The molecule has 0 spiro atoms. The maximum atomic E-state index is 12.8. The molecule has 36 heavy (non-hydrogen) atoms. The lowest BCUT2D eigenvalue weighted by molar-refractivity contribution is -0.119. The minimum Gasteiger partial charge on any atom is -0.494 e. The first-order valence-corrected chi connectivity index (χ1v) is 15.0. The number of nitrogens with one attached hydrogen (secondary N) is 1. The number of carbonyl (C=O) groups excluding carboxylic acids is 1. The first kappa shape index (κ1) is 27.9. The normalized spacial score (nSPS) is 14.8. The molecule has 1 fully saturated rings. The molecular formula is C24H33N3O7S2. The molecule has 0 aliphatic carbocycles. The molecule has 1 aliphatic heterocycles. The number of sulfonamides is 2. The van der Waals surface area contributed by atoms with Gasteiger partial charge in [0.2, 0.25) is 26.0 Å². The Bertz CT molecular complexity index is 1230. The Morgan fingerprint density at radius 2 is 1.72 bits per heavy atom. The number of nitrogens with zero attached hydrogens (tertiary/aromatic N) is 2. The van der Waals surface area contributed by atoms with E-state index in [-0.39, 0.29) is 23.7 Å². The van der Waals surface area contributed by atoms with E-state index >= 15 is 0 Å². The van der Waals surface area contributed by atoms with Crippen molar-refractivity contribution >= 4 is 31.6 Å². The van der Waals surface area contributed by atoms with Crippen molar-refractivity contribution < 1.29 is 31.1 Å². The van der Waals surface area contributed by atoms with E-state index in [1.54, 1.807) is 0 Å². The monoisotopic (exact) mass is 539 g/mol. The summed E-state index contributed by atoms with van der Waals surface area (Å²) in [5.41, 5.74) is 1.25. The third kappa shape index (κ3) is 7.42. The maximum Gasteiger partial charge on any atom is 0.243 e. The standard InChI is InChI=1S/C24H33N3O7S2/c1-3-34-23-9-5-4-7-20(23)8-6-14-25-24(28)19-27(35(2,29)30)21-10-12-22(13-11-21)36(31,32)26-15-17-33-18-16-26/h4-5,7,9-13H,3,6,8,14-19H2,1-2H3,(H,25,28). The van der Waals surface area contributed by atoms with Crippen LogP contribution in [-0.4, -0.2) is 79.3 Å². The van der Waals surface area contributed by atoms with Crippen LogP contribution in [0, 0.1) is 0 Å². The van der Waals surface area contributed by atoms with Crippen LogP contribution in [0.25, 0.3) is 0 Å². The van der Waals surface area contributed by atoms with Crippen LogP contribution in [0.5, 0.6) is 5.75 Å². The number of amides is 1. The summed E-state index contributed by atoms with van der Waals surface area (Å²) in [6.07, 6.45) is 2.36. The van der Waals surface area contributed by atoms with E-state index in [1.807, 2.05) is 31.2 Å². The number of morpholine rings is 1. The van der Waals surface area contributed by atoms with Crippen molar-refractivity contribution in [1.82, 2.24) is 9.62 Å². The van der Waals surface area contributed by atoms with Crippen molar-refractivity contribution in [3.05, 3.63) is 54.1 Å². The first-order chi connectivity index (χ1) is 17.1. The highest BCUT2D eigenvalue weighted by atomic mass is 32.2. The van der Waals surface area contributed by atoms with Crippen molar-refractivity contribution in [3.8, 4) is 5.75 Å². The Hall–Kier alpha value is -2.67. The van der Waals surface area contributed by atoms with Gasteiger partial charge < -0.3 is 14.8 Å². The predicted molar refractivity (Wildman–Crippen MR) is 137 cm³/mol. The van der Waals surface area contributed by atoms with Crippen LogP contribution in [0.4, 0.5) is 5.69 Å². The Morgan fingerprint density at radius 3 is 2.36 bits per heavy atom. The molecule has 0 saturated carbocycles. The summed E-state index contributed by atoms with van der Waals surface area (Å²) in [6, 6.07) is 13.2. The zero-order chi connectivity index (χ0) is 26.2. The van der Waals surface area contributed by atoms with Gasteiger partial charge in [0.1, 0.15) is 12.3 Å². The smallest absolute Gasteiger partial charge is 0.243 e. The molecule has 0 bridgehead atoms. The average molecular weight is 540 g/mol. The molecule has 0 radical (unpaired) electrons. The number of hydrogen-bond acceptors (Lipinski definition) is 7. The molecule has 2 aromatic carbocycles. The molecule has 1 aliphatic rings. The van der Waals surface area contributed by atoms with Crippen molar-refractivity contribution in [2.24, 2.45) is 0 Å². The Morgan fingerprint density at radius 1 is 1.06 bits per heavy atom. The Kier molecular flexibility index (Phi) is 9.71. The molecule has 2 aromatic rings. The first-order valence-electron chi connectivity index (χ1n) is 11.8. The number of hydrogen-bond donors (Lipinski definition) is 1. The number of anilines is 1. The Balaban J connectivity index is 1.60. The summed E-state index contributed by atoms with van der Waals surface area (Å²) >= 11 is 0. The van der Waals surface area contributed by atoms with Gasteiger partial charge >= 0.3 is 0 Å². The molecule has 198 valence electrons. The van der Waals surface area contributed by atoms with Gasteiger partial charge in [0.25, 0.3) is 0 Å². The van der Waals surface area contributed by atoms with Gasteiger partial charge in [0.15, 0.2) is 0 Å². The van der Waals surface area contributed by atoms with E-state index in [0.717, 1.165) is 21.9 Å². The SMILES string of the molecule is CCOc1ccccc1CCCNC(=O)CN(c1ccc(S(=O)(=O)N2CCOCC2)cc1)S(C)(=O)=O. The molecular weight excluding hydrogens is 506 g/mol. The second-order valence-corrected chi connectivity index (χ2v) is 12.1. The van der Waals surface area contributed by atoms with Crippen LogP contribution in [0.3, 0.4) is 0 Å². The van der Waals surface area contributed by atoms with Gasteiger partial charge in [-0.1, -0.05) is 18.2 Å². The van der Waals surface area contributed by atoms with Crippen molar-refractivity contribution in [2.75, 3.05) is 56.6 Å². The van der Waals surface area contributed by atoms with Crippen molar-refractivity contribution in [1.29, 1.82) is 0 Å². The summed E-state index contributed by atoms with van der Waals surface area (Å²) in [5, 5.41) is 2.76. The van der Waals surface area contributed by atoms with Crippen molar-refractivity contribution in [2.45, 2.75) is 24.7 Å². The molecule has 0 unspecified atom stereocenters. The number of aryl methyl sites for hydroxylation is 1. The van der Waals surface area contributed by atoms with Gasteiger partial charge in [-0.25, -0.2) is 16.8 Å². The second kappa shape index (κ2) is 12.5. The molecule has 1 saturated heterocycles. The summed E-state index contributed by atoms with van der Waals surface area (Å²) in [7, 11) is -7.50. The van der Waals surface area contributed by atoms with Gasteiger partial charge in [-0.2, -0.15) is 4.31 Å². The number of rotatable bonds is 12. The van der Waals surface area contributed by atoms with Crippen LogP contribution in [-0.2, 0) is 36.0 Å². The molecule has 12 heteroatoms. The summed E-state index contributed by atoms with van der Waals surface area (Å²) in [6.45, 7) is 3.61. The number of para-hydroxylation sites is 1. The number of benzene rings is 2. The molecule has 1 heterocycles. The highest BCUT2D eigenvalue weighted by Gasteiger charge is 2.27. The van der Waals surface area contributed by atoms with Gasteiger partial charge in [-0.05, 0) is 55.7 Å².